The minimum Gasteiger partial charge on any atom is -0.394 e. The Morgan fingerprint density at radius 3 is 2.25 bits per heavy atom. The molecular weight excluding hydrogens is 166 g/mol. The van der Waals surface area contributed by atoms with Crippen LogP contribution in [0.2, 0.25) is 0 Å². The van der Waals surface area contributed by atoms with E-state index >= 15 is 0 Å². The van der Waals surface area contributed by atoms with E-state index in [4.69, 9.17) is 14.9 Å². The lowest BCUT2D eigenvalue weighted by molar-refractivity contribution is -0.497. The predicted octanol–water partition coefficient (Wildman–Crippen LogP) is -3.97. The lowest BCUT2D eigenvalue weighted by Crippen LogP contribution is -2.77. The molecule has 5 atom stereocenters. The molecule has 7 N–H and O–H groups in total. The summed E-state index contributed by atoms with van der Waals surface area (Å²) in [6.45, 7) is -0.442. The van der Waals surface area contributed by atoms with Crippen LogP contribution in [0.4, 0.5) is 0 Å². The van der Waals surface area contributed by atoms with Gasteiger partial charge in [-0.05, 0) is 0 Å². The Bertz CT molecular complexity index is 150. The highest BCUT2D eigenvalue weighted by Crippen LogP contribution is 2.16. The van der Waals surface area contributed by atoms with Crippen LogP contribution < -0.4 is 5.73 Å². The molecule has 0 amide bonds. The molecule has 1 heterocycles. The maximum absolute atomic E-state index is 9.25. The van der Waals surface area contributed by atoms with Gasteiger partial charge in [-0.1, -0.05) is 0 Å². The highest BCUT2D eigenvalue weighted by molar-refractivity contribution is 4.87. The van der Waals surface area contributed by atoms with Gasteiger partial charge in [-0.25, -0.2) is 0 Å². The van der Waals surface area contributed by atoms with Gasteiger partial charge in [-0.3, -0.25) is 0 Å². The standard InChI is InChI=1S/C6H13NO5/c7-3-5(10)4(9)2(1-8)12-6(3)11/h2-6,8-11H,1,7H2/p+1/t2-,3+,4-,5-,6+/m1/s1. The van der Waals surface area contributed by atoms with Gasteiger partial charge in [0.15, 0.2) is 6.04 Å². The molecule has 1 aliphatic rings. The number of aliphatic hydroxyl groups excluding tert-OH is 4. The molecule has 1 saturated heterocycles. The first-order chi connectivity index (χ1) is 5.57. The van der Waals surface area contributed by atoms with E-state index in [0.717, 1.165) is 0 Å². The van der Waals surface area contributed by atoms with Crippen LogP contribution in [-0.2, 0) is 4.74 Å². The van der Waals surface area contributed by atoms with Crippen LogP contribution in [0.1, 0.15) is 0 Å². The fourth-order valence-electron chi connectivity index (χ4n) is 1.15. The second-order valence-corrected chi connectivity index (χ2v) is 2.89. The van der Waals surface area contributed by atoms with Gasteiger partial charge in [-0.15, -0.1) is 0 Å². The highest BCUT2D eigenvalue weighted by Gasteiger charge is 2.43. The summed E-state index contributed by atoms with van der Waals surface area (Å²) in [5.41, 5.74) is 3.41. The van der Waals surface area contributed by atoms with Gasteiger partial charge < -0.3 is 30.9 Å². The van der Waals surface area contributed by atoms with Gasteiger partial charge in [0.2, 0.25) is 6.29 Å². The lowest BCUT2D eigenvalue weighted by atomic mass is 9.98. The number of quaternary nitrogens is 1. The molecule has 6 heteroatoms. The van der Waals surface area contributed by atoms with E-state index < -0.39 is 37.3 Å². The lowest BCUT2D eigenvalue weighted by Gasteiger charge is -2.36. The molecule has 0 spiro atoms. The van der Waals surface area contributed by atoms with Crippen LogP contribution in [0.5, 0.6) is 0 Å². The van der Waals surface area contributed by atoms with Crippen molar-refractivity contribution in [3.8, 4) is 0 Å². The van der Waals surface area contributed by atoms with Gasteiger partial charge in [0.25, 0.3) is 0 Å². The molecule has 0 aliphatic carbocycles. The van der Waals surface area contributed by atoms with Gasteiger partial charge in [0, 0.05) is 0 Å². The van der Waals surface area contributed by atoms with Gasteiger partial charge in [0.1, 0.15) is 18.3 Å². The largest absolute Gasteiger partial charge is 0.394 e. The summed E-state index contributed by atoms with van der Waals surface area (Å²) in [4.78, 5) is 0. The maximum atomic E-state index is 9.25. The molecule has 0 unspecified atom stereocenters. The van der Waals surface area contributed by atoms with Crippen molar-refractivity contribution in [2.45, 2.75) is 30.6 Å². The SMILES string of the molecule is [NH3+][C@H]1[C@@H](O)[C@H](O)[C@@H](CO)O[C@@H]1O. The Morgan fingerprint density at radius 1 is 1.17 bits per heavy atom. The molecule has 1 aliphatic heterocycles. The summed E-state index contributed by atoms with van der Waals surface area (Å²) in [5.74, 6) is 0. The van der Waals surface area contributed by atoms with Crippen LogP contribution in [-0.4, -0.2) is 57.7 Å². The van der Waals surface area contributed by atoms with E-state index in [9.17, 15) is 10.2 Å². The first kappa shape index (κ1) is 9.85. The normalized spacial score (nSPS) is 49.2. The zero-order valence-corrected chi connectivity index (χ0v) is 6.50. The number of aliphatic hydroxyl groups is 4. The van der Waals surface area contributed by atoms with Crippen molar-refractivity contribution in [2.24, 2.45) is 0 Å². The van der Waals surface area contributed by atoms with E-state index in [1.807, 2.05) is 0 Å². The van der Waals surface area contributed by atoms with E-state index in [1.165, 1.54) is 0 Å². The van der Waals surface area contributed by atoms with Crippen LogP contribution in [0.15, 0.2) is 0 Å². The smallest absolute Gasteiger partial charge is 0.211 e. The molecule has 0 aromatic carbocycles. The molecule has 0 bridgehead atoms. The summed E-state index contributed by atoms with van der Waals surface area (Å²) in [7, 11) is 0. The van der Waals surface area contributed by atoms with Gasteiger partial charge >= 0.3 is 0 Å². The van der Waals surface area contributed by atoms with Crippen molar-refractivity contribution >= 4 is 0 Å². The first-order valence-corrected chi connectivity index (χ1v) is 3.71. The average Bonchev–Trinajstić information content (AvgIpc) is 2.08. The molecule has 0 saturated carbocycles. The third-order valence-electron chi connectivity index (χ3n) is 2.03. The topological polar surface area (TPSA) is 118 Å². The number of hydrogen-bond acceptors (Lipinski definition) is 5. The Hall–Kier alpha value is -0.240. The average molecular weight is 180 g/mol. The van der Waals surface area contributed by atoms with Crippen LogP contribution >= 0.6 is 0 Å². The minimum absolute atomic E-state index is 0.442. The van der Waals surface area contributed by atoms with E-state index in [-0.39, 0.29) is 0 Å². The Kier molecular flexibility index (Phi) is 2.99. The van der Waals surface area contributed by atoms with E-state index in [2.05, 4.69) is 5.73 Å². The zero-order chi connectivity index (χ0) is 9.30. The molecule has 6 nitrogen and oxygen atoms in total. The number of ether oxygens (including phenoxy) is 1. The molecule has 0 aromatic heterocycles. The number of hydrogen-bond donors (Lipinski definition) is 5. The van der Waals surface area contributed by atoms with Crippen LogP contribution in [0.3, 0.4) is 0 Å². The summed E-state index contributed by atoms with van der Waals surface area (Å²) in [5, 5.41) is 36.3. The van der Waals surface area contributed by atoms with Crippen molar-refractivity contribution in [3.05, 3.63) is 0 Å². The quantitative estimate of drug-likeness (QED) is 0.282. The van der Waals surface area contributed by atoms with E-state index in [0.29, 0.717) is 0 Å². The second kappa shape index (κ2) is 3.65. The zero-order valence-electron chi connectivity index (χ0n) is 6.50. The van der Waals surface area contributed by atoms with Crippen LogP contribution in [0.25, 0.3) is 0 Å². The Morgan fingerprint density at radius 2 is 1.75 bits per heavy atom. The van der Waals surface area contributed by atoms with E-state index in [1.54, 1.807) is 0 Å². The summed E-state index contributed by atoms with van der Waals surface area (Å²) < 4.78 is 4.76. The third-order valence-corrected chi connectivity index (χ3v) is 2.03. The summed E-state index contributed by atoms with van der Waals surface area (Å²) in [6.07, 6.45) is -4.53. The second-order valence-electron chi connectivity index (χ2n) is 2.89. The van der Waals surface area contributed by atoms with Crippen molar-refractivity contribution < 1.29 is 30.9 Å². The highest BCUT2D eigenvalue weighted by atomic mass is 16.6. The minimum atomic E-state index is -1.24. The fraction of sp³-hybridized carbons (Fsp3) is 1.00. The van der Waals surface area contributed by atoms with Crippen LogP contribution in [0, 0.1) is 0 Å². The molecule has 1 rings (SSSR count). The predicted molar refractivity (Wildman–Crippen MR) is 36.7 cm³/mol. The molecule has 0 radical (unpaired) electrons. The Balaban J connectivity index is 2.63. The molecule has 0 aromatic rings. The summed E-state index contributed by atoms with van der Waals surface area (Å²) in [6, 6.07) is -0.789. The molecule has 72 valence electrons. The van der Waals surface area contributed by atoms with Gasteiger partial charge in [0.05, 0.1) is 6.61 Å². The van der Waals surface area contributed by atoms with Gasteiger partial charge in [-0.2, -0.15) is 0 Å². The summed E-state index contributed by atoms with van der Waals surface area (Å²) >= 11 is 0. The number of rotatable bonds is 1. The monoisotopic (exact) mass is 180 g/mol. The molecule has 1 fully saturated rings. The molecule has 12 heavy (non-hydrogen) atoms. The van der Waals surface area contributed by atoms with Crippen molar-refractivity contribution in [3.63, 3.8) is 0 Å². The fourth-order valence-corrected chi connectivity index (χ4v) is 1.15. The van der Waals surface area contributed by atoms with Crippen molar-refractivity contribution in [1.29, 1.82) is 0 Å². The molecular formula is C6H14NO5+. The third kappa shape index (κ3) is 1.58. The van der Waals surface area contributed by atoms with Crippen molar-refractivity contribution in [2.75, 3.05) is 6.61 Å². The first-order valence-electron chi connectivity index (χ1n) is 3.71. The Labute approximate surface area is 69.2 Å². The maximum Gasteiger partial charge on any atom is 0.211 e. The van der Waals surface area contributed by atoms with Crippen molar-refractivity contribution in [1.82, 2.24) is 0 Å².